The van der Waals surface area contributed by atoms with Crippen molar-refractivity contribution in [2.24, 2.45) is 0 Å². The summed E-state index contributed by atoms with van der Waals surface area (Å²) in [6.45, 7) is 3.82. The molecule has 0 aliphatic carbocycles. The van der Waals surface area contributed by atoms with Crippen LogP contribution in [0.3, 0.4) is 0 Å². The molecule has 0 unspecified atom stereocenters. The van der Waals surface area contributed by atoms with Gasteiger partial charge in [-0.25, -0.2) is 4.79 Å². The van der Waals surface area contributed by atoms with Crippen LogP contribution in [-0.4, -0.2) is 62.5 Å². The molecule has 1 spiro atoms. The standard InChI is InChI=1S/C18H24N2O5/c1-23-17(22)14-2-4-15(5-3-14)19-16(21)6-9-20-10-7-18(8-11-20)24-12-13-25-18/h2-5H,6-13H2,1H3,(H,19,21). The van der Waals surface area contributed by atoms with Gasteiger partial charge in [0.15, 0.2) is 5.79 Å². The molecule has 2 saturated heterocycles. The maximum absolute atomic E-state index is 12.1. The van der Waals surface area contributed by atoms with Crippen LogP contribution in [0.4, 0.5) is 5.69 Å². The molecule has 0 radical (unpaired) electrons. The Bertz CT molecular complexity index is 600. The van der Waals surface area contributed by atoms with Crippen molar-refractivity contribution >= 4 is 17.6 Å². The summed E-state index contributed by atoms with van der Waals surface area (Å²) in [5.74, 6) is -0.810. The number of anilines is 1. The molecule has 7 nitrogen and oxygen atoms in total. The van der Waals surface area contributed by atoms with Gasteiger partial charge in [0.2, 0.25) is 5.91 Å². The van der Waals surface area contributed by atoms with Gasteiger partial charge < -0.3 is 24.4 Å². The Morgan fingerprint density at radius 2 is 1.80 bits per heavy atom. The van der Waals surface area contributed by atoms with Crippen molar-refractivity contribution in [1.29, 1.82) is 0 Å². The van der Waals surface area contributed by atoms with Crippen LogP contribution in [0.5, 0.6) is 0 Å². The van der Waals surface area contributed by atoms with Crippen molar-refractivity contribution in [1.82, 2.24) is 4.90 Å². The normalized spacial score (nSPS) is 19.7. The third kappa shape index (κ3) is 4.56. The lowest BCUT2D eigenvalue weighted by molar-refractivity contribution is -0.185. The third-order valence-electron chi connectivity index (χ3n) is 4.68. The number of rotatable bonds is 5. The summed E-state index contributed by atoms with van der Waals surface area (Å²) >= 11 is 0. The molecule has 3 rings (SSSR count). The summed E-state index contributed by atoms with van der Waals surface area (Å²) in [5, 5.41) is 2.85. The number of carbonyl (C=O) groups excluding carboxylic acids is 2. The van der Waals surface area contributed by atoms with Gasteiger partial charge in [-0.05, 0) is 24.3 Å². The van der Waals surface area contributed by atoms with Gasteiger partial charge >= 0.3 is 5.97 Å². The SMILES string of the molecule is COC(=O)c1ccc(NC(=O)CCN2CCC3(CC2)OCCO3)cc1. The molecule has 0 aromatic heterocycles. The van der Waals surface area contributed by atoms with E-state index in [-0.39, 0.29) is 11.7 Å². The third-order valence-corrected chi connectivity index (χ3v) is 4.68. The van der Waals surface area contributed by atoms with Crippen LogP contribution in [-0.2, 0) is 19.0 Å². The van der Waals surface area contributed by atoms with Crippen molar-refractivity contribution in [3.63, 3.8) is 0 Å². The zero-order valence-electron chi connectivity index (χ0n) is 14.5. The smallest absolute Gasteiger partial charge is 0.337 e. The molecule has 2 aliphatic rings. The minimum absolute atomic E-state index is 0.0422. The molecule has 1 aromatic carbocycles. The van der Waals surface area contributed by atoms with Crippen molar-refractivity contribution in [2.45, 2.75) is 25.0 Å². The van der Waals surface area contributed by atoms with Gasteiger partial charge in [0, 0.05) is 44.6 Å². The average molecular weight is 348 g/mol. The number of ether oxygens (including phenoxy) is 3. The van der Waals surface area contributed by atoms with E-state index in [4.69, 9.17) is 9.47 Å². The zero-order chi connectivity index (χ0) is 17.7. The number of methoxy groups -OCH3 is 1. The monoisotopic (exact) mass is 348 g/mol. The van der Waals surface area contributed by atoms with Crippen LogP contribution < -0.4 is 5.32 Å². The number of carbonyl (C=O) groups is 2. The molecular weight excluding hydrogens is 324 g/mol. The Balaban J connectivity index is 1.40. The van der Waals surface area contributed by atoms with Gasteiger partial charge in [0.1, 0.15) is 0 Å². The highest BCUT2D eigenvalue weighted by Gasteiger charge is 2.39. The minimum atomic E-state index is -0.393. The first-order valence-electron chi connectivity index (χ1n) is 8.59. The summed E-state index contributed by atoms with van der Waals surface area (Å²) in [5.41, 5.74) is 1.13. The number of esters is 1. The largest absolute Gasteiger partial charge is 0.465 e. The Labute approximate surface area is 147 Å². The van der Waals surface area contributed by atoms with Crippen LogP contribution in [0.2, 0.25) is 0 Å². The second-order valence-corrected chi connectivity index (χ2v) is 6.32. The topological polar surface area (TPSA) is 77.1 Å². The lowest BCUT2D eigenvalue weighted by atomic mass is 10.0. The number of hydrogen-bond donors (Lipinski definition) is 1. The Kier molecular flexibility index (Phi) is 5.67. The van der Waals surface area contributed by atoms with Gasteiger partial charge in [-0.15, -0.1) is 0 Å². The predicted molar refractivity (Wildman–Crippen MR) is 91.3 cm³/mol. The van der Waals surface area contributed by atoms with Crippen LogP contribution in [0.15, 0.2) is 24.3 Å². The number of benzene rings is 1. The van der Waals surface area contributed by atoms with Crippen LogP contribution in [0, 0.1) is 0 Å². The van der Waals surface area contributed by atoms with E-state index in [1.165, 1.54) is 7.11 Å². The minimum Gasteiger partial charge on any atom is -0.465 e. The summed E-state index contributed by atoms with van der Waals surface area (Å²) < 4.78 is 16.1. The summed E-state index contributed by atoms with van der Waals surface area (Å²) in [7, 11) is 1.34. The van der Waals surface area contributed by atoms with Crippen molar-refractivity contribution in [3.8, 4) is 0 Å². The molecule has 2 heterocycles. The van der Waals surface area contributed by atoms with E-state index in [0.29, 0.717) is 37.4 Å². The molecule has 0 atom stereocenters. The molecule has 25 heavy (non-hydrogen) atoms. The Morgan fingerprint density at radius 1 is 1.16 bits per heavy atom. The van der Waals surface area contributed by atoms with Gasteiger partial charge in [-0.2, -0.15) is 0 Å². The molecular formula is C18H24N2O5. The van der Waals surface area contributed by atoms with E-state index in [1.54, 1.807) is 24.3 Å². The molecule has 0 bridgehead atoms. The molecule has 1 aromatic rings. The number of hydrogen-bond acceptors (Lipinski definition) is 6. The molecule has 1 amide bonds. The van der Waals surface area contributed by atoms with E-state index >= 15 is 0 Å². The lowest BCUT2D eigenvalue weighted by Crippen LogP contribution is -2.45. The van der Waals surface area contributed by atoms with E-state index in [9.17, 15) is 9.59 Å². The van der Waals surface area contributed by atoms with Gasteiger partial charge in [0.05, 0.1) is 25.9 Å². The van der Waals surface area contributed by atoms with Gasteiger partial charge in [-0.3, -0.25) is 4.79 Å². The highest BCUT2D eigenvalue weighted by molar-refractivity contribution is 5.93. The predicted octanol–water partition coefficient (Wildman–Crippen LogP) is 1.64. The summed E-state index contributed by atoms with van der Waals surface area (Å²) in [6.07, 6.45) is 2.13. The second kappa shape index (κ2) is 7.95. The second-order valence-electron chi connectivity index (χ2n) is 6.32. The van der Waals surface area contributed by atoms with Crippen LogP contribution in [0.25, 0.3) is 0 Å². The number of nitrogens with zero attached hydrogens (tertiary/aromatic N) is 1. The van der Waals surface area contributed by atoms with E-state index in [1.807, 2.05) is 0 Å². The van der Waals surface area contributed by atoms with Crippen LogP contribution >= 0.6 is 0 Å². The zero-order valence-corrected chi connectivity index (χ0v) is 14.5. The fourth-order valence-corrected chi connectivity index (χ4v) is 3.19. The number of amides is 1. The molecule has 7 heteroatoms. The first-order valence-corrected chi connectivity index (χ1v) is 8.59. The van der Waals surface area contributed by atoms with Gasteiger partial charge in [0.25, 0.3) is 0 Å². The summed E-state index contributed by atoms with van der Waals surface area (Å²) in [4.78, 5) is 25.7. The first kappa shape index (κ1) is 17.8. The van der Waals surface area contributed by atoms with E-state index in [0.717, 1.165) is 25.9 Å². The van der Waals surface area contributed by atoms with Crippen molar-refractivity contribution < 1.29 is 23.8 Å². The summed E-state index contributed by atoms with van der Waals surface area (Å²) in [6, 6.07) is 6.66. The number of nitrogens with one attached hydrogen (secondary N) is 1. The van der Waals surface area contributed by atoms with Crippen molar-refractivity contribution in [2.75, 3.05) is 45.3 Å². The van der Waals surface area contributed by atoms with Crippen molar-refractivity contribution in [3.05, 3.63) is 29.8 Å². The Hall–Kier alpha value is -1.96. The fourth-order valence-electron chi connectivity index (χ4n) is 3.19. The maximum atomic E-state index is 12.1. The Morgan fingerprint density at radius 3 is 2.40 bits per heavy atom. The number of likely N-dealkylation sites (tertiary alicyclic amines) is 1. The molecule has 2 fully saturated rings. The first-order chi connectivity index (χ1) is 12.1. The highest BCUT2D eigenvalue weighted by atomic mass is 16.7. The number of piperidine rings is 1. The highest BCUT2D eigenvalue weighted by Crippen LogP contribution is 2.31. The van der Waals surface area contributed by atoms with Crippen LogP contribution in [0.1, 0.15) is 29.6 Å². The molecule has 2 aliphatic heterocycles. The van der Waals surface area contributed by atoms with Gasteiger partial charge in [-0.1, -0.05) is 0 Å². The lowest BCUT2D eigenvalue weighted by Gasteiger charge is -2.37. The molecule has 0 saturated carbocycles. The molecule has 1 N–H and O–H groups in total. The van der Waals surface area contributed by atoms with E-state index < -0.39 is 5.97 Å². The maximum Gasteiger partial charge on any atom is 0.337 e. The molecule has 136 valence electrons. The average Bonchev–Trinajstić information content (AvgIpc) is 3.09. The van der Waals surface area contributed by atoms with E-state index in [2.05, 4.69) is 15.0 Å². The fraction of sp³-hybridized carbons (Fsp3) is 0.556. The quantitative estimate of drug-likeness (QED) is 0.815.